The lowest BCUT2D eigenvalue weighted by Crippen LogP contribution is -2.50. The first-order valence-electron chi connectivity index (χ1n) is 11.4. The van der Waals surface area contributed by atoms with Crippen LogP contribution in [-0.4, -0.2) is 79.2 Å². The zero-order valence-electron chi connectivity index (χ0n) is 19.6. The number of sulfonamides is 1. The van der Waals surface area contributed by atoms with Gasteiger partial charge in [0.15, 0.2) is 0 Å². The Morgan fingerprint density at radius 3 is 2.27 bits per heavy atom. The largest absolute Gasteiger partial charge is 0.443 e. The van der Waals surface area contributed by atoms with E-state index in [0.717, 1.165) is 5.56 Å². The fraction of sp³-hybridized carbons (Fsp3) is 0.348. The van der Waals surface area contributed by atoms with E-state index in [2.05, 4.69) is 15.0 Å². The Hall–Kier alpha value is -2.41. The first-order valence-corrected chi connectivity index (χ1v) is 13.9. The molecule has 3 heterocycles. The molecule has 2 aliphatic rings. The molecule has 1 atom stereocenters. The third kappa shape index (κ3) is 5.43. The second-order valence-electron chi connectivity index (χ2n) is 8.70. The zero-order chi connectivity index (χ0) is 26.3. The number of anilines is 1. The number of nitrogens with zero attached hydrogens (tertiary/aromatic N) is 5. The summed E-state index contributed by atoms with van der Waals surface area (Å²) in [5.74, 6) is 0.953. The van der Waals surface area contributed by atoms with E-state index in [-0.39, 0.29) is 39.2 Å². The Morgan fingerprint density at radius 2 is 1.68 bits per heavy atom. The predicted molar refractivity (Wildman–Crippen MR) is 139 cm³/mol. The number of hydrogen-bond donors (Lipinski definition) is 0. The van der Waals surface area contributed by atoms with Crippen molar-refractivity contribution in [2.75, 3.05) is 44.2 Å². The van der Waals surface area contributed by atoms with Gasteiger partial charge in [-0.1, -0.05) is 40.0 Å². The second-order valence-corrected chi connectivity index (χ2v) is 11.8. The number of carbonyl (C=O) groups excluding carboxylic acids is 1. The number of ether oxygens (including phenoxy) is 1. The fourth-order valence-electron chi connectivity index (χ4n) is 4.38. The number of piperazine rings is 1. The van der Waals surface area contributed by atoms with Gasteiger partial charge in [0, 0.05) is 55.9 Å². The molecule has 0 radical (unpaired) electrons. The second kappa shape index (κ2) is 10.4. The Balaban J connectivity index is 1.18. The molecule has 0 saturated carbocycles. The molecule has 0 bridgehead atoms. The van der Waals surface area contributed by atoms with E-state index in [1.807, 2.05) is 12.1 Å². The minimum absolute atomic E-state index is 0.0154. The van der Waals surface area contributed by atoms with Crippen LogP contribution in [0.5, 0.6) is 0 Å². The van der Waals surface area contributed by atoms with Crippen LogP contribution in [-0.2, 0) is 14.8 Å². The van der Waals surface area contributed by atoms with E-state index in [1.54, 1.807) is 24.0 Å². The van der Waals surface area contributed by atoms with Crippen molar-refractivity contribution in [2.24, 2.45) is 0 Å². The summed E-state index contributed by atoms with van der Waals surface area (Å²) in [7, 11) is -3.89. The standard InChI is InChI=1S/C23H22Cl3N5O5S/c1-14-27-22(28-36-14)15-2-4-17(5-3-15)31-13-18(35-23(31)32)12-29-6-8-30(9-7-29)37(33,34)21-19(25)10-16(24)11-20(21)26/h2-5,10-11,18H,6-9,12-13H2,1H3. The molecule has 37 heavy (non-hydrogen) atoms. The predicted octanol–water partition coefficient (Wildman–Crippen LogP) is 4.34. The van der Waals surface area contributed by atoms with E-state index in [9.17, 15) is 13.2 Å². The van der Waals surface area contributed by atoms with Gasteiger partial charge in [0.2, 0.25) is 21.7 Å². The molecule has 3 aromatic rings. The Bertz CT molecular complexity index is 1400. The van der Waals surface area contributed by atoms with E-state index in [4.69, 9.17) is 44.1 Å². The van der Waals surface area contributed by atoms with Crippen molar-refractivity contribution in [2.45, 2.75) is 17.9 Å². The summed E-state index contributed by atoms with van der Waals surface area (Å²) < 4.78 is 38.3. The van der Waals surface area contributed by atoms with Crippen molar-refractivity contribution in [1.82, 2.24) is 19.3 Å². The summed E-state index contributed by atoms with van der Waals surface area (Å²) in [5, 5.41) is 4.13. The maximum absolute atomic E-state index is 13.2. The van der Waals surface area contributed by atoms with Gasteiger partial charge in [-0.2, -0.15) is 9.29 Å². The molecule has 196 valence electrons. The highest BCUT2D eigenvalue weighted by atomic mass is 35.5. The number of hydrogen-bond acceptors (Lipinski definition) is 8. The fourth-order valence-corrected chi connectivity index (χ4v) is 7.29. The van der Waals surface area contributed by atoms with Gasteiger partial charge in [-0.25, -0.2) is 13.2 Å². The highest BCUT2D eigenvalue weighted by Crippen LogP contribution is 2.35. The van der Waals surface area contributed by atoms with Crippen molar-refractivity contribution in [1.29, 1.82) is 0 Å². The molecule has 1 amide bonds. The lowest BCUT2D eigenvalue weighted by Gasteiger charge is -2.35. The number of amides is 1. The molecular weight excluding hydrogens is 565 g/mol. The summed E-state index contributed by atoms with van der Waals surface area (Å²) in [6.07, 6.45) is -0.781. The normalized spacial score (nSPS) is 19.4. The first-order chi connectivity index (χ1) is 17.6. The van der Waals surface area contributed by atoms with E-state index in [0.29, 0.717) is 43.6 Å². The van der Waals surface area contributed by atoms with E-state index >= 15 is 0 Å². The van der Waals surface area contributed by atoms with Crippen molar-refractivity contribution in [3.63, 3.8) is 0 Å². The number of carbonyl (C=O) groups is 1. The van der Waals surface area contributed by atoms with Gasteiger partial charge in [0.1, 0.15) is 11.0 Å². The molecule has 2 aromatic carbocycles. The van der Waals surface area contributed by atoms with Gasteiger partial charge in [0.25, 0.3) is 0 Å². The van der Waals surface area contributed by atoms with Crippen LogP contribution in [0.1, 0.15) is 5.89 Å². The van der Waals surface area contributed by atoms with Crippen LogP contribution < -0.4 is 4.90 Å². The van der Waals surface area contributed by atoms with Crippen LogP contribution in [0.3, 0.4) is 0 Å². The zero-order valence-corrected chi connectivity index (χ0v) is 22.7. The van der Waals surface area contributed by atoms with Gasteiger partial charge in [-0.3, -0.25) is 9.80 Å². The molecule has 10 nitrogen and oxygen atoms in total. The average Bonchev–Trinajstić information content (AvgIpc) is 3.44. The van der Waals surface area contributed by atoms with E-state index in [1.165, 1.54) is 16.4 Å². The summed E-state index contributed by atoms with van der Waals surface area (Å²) in [6, 6.07) is 9.97. The Kier molecular flexibility index (Phi) is 7.36. The van der Waals surface area contributed by atoms with Crippen molar-refractivity contribution in [3.05, 3.63) is 57.4 Å². The summed E-state index contributed by atoms with van der Waals surface area (Å²) in [6.45, 7) is 4.02. The number of benzene rings is 2. The summed E-state index contributed by atoms with van der Waals surface area (Å²) >= 11 is 18.2. The molecule has 5 rings (SSSR count). The van der Waals surface area contributed by atoms with Crippen molar-refractivity contribution < 1.29 is 22.5 Å². The van der Waals surface area contributed by atoms with Crippen LogP contribution in [0, 0.1) is 6.92 Å². The minimum Gasteiger partial charge on any atom is -0.443 e. The summed E-state index contributed by atoms with van der Waals surface area (Å²) in [4.78, 5) is 20.2. The van der Waals surface area contributed by atoms with Crippen LogP contribution >= 0.6 is 34.8 Å². The highest BCUT2D eigenvalue weighted by Gasteiger charge is 2.36. The molecule has 0 aliphatic carbocycles. The van der Waals surface area contributed by atoms with Gasteiger partial charge in [-0.15, -0.1) is 0 Å². The molecule has 2 aliphatic heterocycles. The van der Waals surface area contributed by atoms with E-state index < -0.39 is 16.1 Å². The molecular formula is C23H22Cl3N5O5S. The smallest absolute Gasteiger partial charge is 0.414 e. The molecule has 2 saturated heterocycles. The monoisotopic (exact) mass is 585 g/mol. The maximum Gasteiger partial charge on any atom is 0.414 e. The SMILES string of the molecule is Cc1nc(-c2ccc(N3CC(CN4CCN(S(=O)(=O)c5c(Cl)cc(Cl)cc5Cl)CC4)OC3=O)cc2)no1. The van der Waals surface area contributed by atoms with Gasteiger partial charge < -0.3 is 9.26 Å². The van der Waals surface area contributed by atoms with Crippen LogP contribution in [0.2, 0.25) is 15.1 Å². The van der Waals surface area contributed by atoms with Crippen LogP contribution in [0.4, 0.5) is 10.5 Å². The number of rotatable bonds is 6. The molecule has 14 heteroatoms. The molecule has 1 unspecified atom stereocenters. The first kappa shape index (κ1) is 26.2. The third-order valence-electron chi connectivity index (χ3n) is 6.19. The topological polar surface area (TPSA) is 109 Å². The Morgan fingerprint density at radius 1 is 1.03 bits per heavy atom. The quantitative estimate of drug-likeness (QED) is 0.420. The lowest BCUT2D eigenvalue weighted by atomic mass is 10.2. The van der Waals surface area contributed by atoms with Crippen LogP contribution in [0.15, 0.2) is 45.8 Å². The molecule has 0 spiro atoms. The molecule has 0 N–H and O–H groups in total. The van der Waals surface area contributed by atoms with Crippen molar-refractivity contribution >= 4 is 56.6 Å². The highest BCUT2D eigenvalue weighted by molar-refractivity contribution is 7.89. The number of halogens is 3. The third-order valence-corrected chi connectivity index (χ3v) is 9.23. The molecule has 1 aromatic heterocycles. The molecule has 2 fully saturated rings. The van der Waals surface area contributed by atoms with Gasteiger partial charge in [-0.05, 0) is 36.4 Å². The number of aryl methyl sites for hydroxylation is 1. The van der Waals surface area contributed by atoms with Crippen molar-refractivity contribution in [3.8, 4) is 11.4 Å². The maximum atomic E-state index is 13.2. The Labute approximate surface area is 228 Å². The lowest BCUT2D eigenvalue weighted by molar-refractivity contribution is 0.0937. The number of aromatic nitrogens is 2. The summed E-state index contributed by atoms with van der Waals surface area (Å²) in [5.41, 5.74) is 1.47. The average molecular weight is 587 g/mol. The van der Waals surface area contributed by atoms with Gasteiger partial charge >= 0.3 is 6.09 Å². The minimum atomic E-state index is -3.89. The van der Waals surface area contributed by atoms with Crippen LogP contribution in [0.25, 0.3) is 11.4 Å². The van der Waals surface area contributed by atoms with Gasteiger partial charge in [0.05, 0.1) is 16.6 Å². The number of cyclic esters (lactones) is 1.